The number of amides is 2. The monoisotopic (exact) mass is 455 g/mol. The van der Waals surface area contributed by atoms with Gasteiger partial charge in [-0.2, -0.15) is 0 Å². The lowest BCUT2D eigenvalue weighted by atomic mass is 9.93. The molecule has 3 rings (SSSR count). The Bertz CT molecular complexity index is 1080. The molecule has 2 aromatic carbocycles. The van der Waals surface area contributed by atoms with E-state index in [0.717, 1.165) is 5.56 Å². The standard InChI is InChI=1S/C23H25N3O7/c1-4-16-19(22(27)32-5-2)20(25-23(28)24-16)15-11-17(26(29)30)21(18(12-15)31-3)33-13-14-9-7-6-8-10-14/h6-12,20H,4-5,13H2,1-3H3,(H2,24,25,28). The summed E-state index contributed by atoms with van der Waals surface area (Å²) in [6.45, 7) is 3.67. The summed E-state index contributed by atoms with van der Waals surface area (Å²) < 4.78 is 16.3. The Kier molecular flexibility index (Phi) is 7.50. The molecular formula is C23H25N3O7. The molecule has 0 saturated carbocycles. The molecule has 1 aliphatic heterocycles. The molecule has 1 heterocycles. The largest absolute Gasteiger partial charge is 0.493 e. The zero-order valence-electron chi connectivity index (χ0n) is 18.5. The third kappa shape index (κ3) is 5.22. The molecule has 0 radical (unpaired) electrons. The molecule has 1 unspecified atom stereocenters. The van der Waals surface area contributed by atoms with Crippen LogP contribution in [0.2, 0.25) is 0 Å². The number of urea groups is 1. The highest BCUT2D eigenvalue weighted by Crippen LogP contribution is 2.42. The smallest absolute Gasteiger partial charge is 0.338 e. The Morgan fingerprint density at radius 3 is 2.52 bits per heavy atom. The van der Waals surface area contributed by atoms with Crippen molar-refractivity contribution in [2.24, 2.45) is 0 Å². The number of nitrogens with zero attached hydrogens (tertiary/aromatic N) is 1. The normalized spacial score (nSPS) is 15.4. The van der Waals surface area contributed by atoms with Crippen molar-refractivity contribution < 1.29 is 28.7 Å². The SMILES string of the molecule is CCOC(=O)C1=C(CC)NC(=O)NC1c1cc(OC)c(OCc2ccccc2)c([N+](=O)[O-])c1. The number of allylic oxidation sites excluding steroid dienone is 1. The molecule has 0 aromatic heterocycles. The molecule has 1 aliphatic rings. The molecule has 33 heavy (non-hydrogen) atoms. The second-order valence-electron chi connectivity index (χ2n) is 7.10. The van der Waals surface area contributed by atoms with Crippen molar-refractivity contribution in [3.8, 4) is 11.5 Å². The molecule has 0 saturated heterocycles. The number of nitro benzene ring substituents is 1. The summed E-state index contributed by atoms with van der Waals surface area (Å²) in [7, 11) is 1.36. The number of benzene rings is 2. The van der Waals surface area contributed by atoms with Crippen molar-refractivity contribution in [1.29, 1.82) is 0 Å². The first-order valence-corrected chi connectivity index (χ1v) is 10.4. The van der Waals surface area contributed by atoms with Crippen molar-refractivity contribution in [1.82, 2.24) is 10.6 Å². The van der Waals surface area contributed by atoms with Crippen molar-refractivity contribution in [2.75, 3.05) is 13.7 Å². The predicted molar refractivity (Wildman–Crippen MR) is 119 cm³/mol. The molecular weight excluding hydrogens is 430 g/mol. The van der Waals surface area contributed by atoms with Crippen LogP contribution >= 0.6 is 0 Å². The maximum absolute atomic E-state index is 12.7. The number of nitro groups is 1. The van der Waals surface area contributed by atoms with Crippen LogP contribution in [0.4, 0.5) is 10.5 Å². The van der Waals surface area contributed by atoms with Crippen LogP contribution in [0, 0.1) is 10.1 Å². The van der Waals surface area contributed by atoms with Crippen LogP contribution in [0.3, 0.4) is 0 Å². The Balaban J connectivity index is 2.08. The Labute approximate surface area is 190 Å². The van der Waals surface area contributed by atoms with Gasteiger partial charge in [0.1, 0.15) is 6.61 Å². The molecule has 0 spiro atoms. The van der Waals surface area contributed by atoms with Gasteiger partial charge in [0.05, 0.1) is 30.3 Å². The quantitative estimate of drug-likeness (QED) is 0.335. The first-order chi connectivity index (χ1) is 15.9. The maximum atomic E-state index is 12.7. The van der Waals surface area contributed by atoms with Crippen LogP contribution in [-0.4, -0.2) is 30.6 Å². The van der Waals surface area contributed by atoms with Gasteiger partial charge in [-0.15, -0.1) is 0 Å². The van der Waals surface area contributed by atoms with Gasteiger partial charge in [-0.3, -0.25) is 10.1 Å². The van der Waals surface area contributed by atoms with E-state index in [1.807, 2.05) is 30.3 Å². The van der Waals surface area contributed by atoms with Gasteiger partial charge in [-0.1, -0.05) is 37.3 Å². The molecule has 10 nitrogen and oxygen atoms in total. The Morgan fingerprint density at radius 1 is 1.18 bits per heavy atom. The fraction of sp³-hybridized carbons (Fsp3) is 0.304. The third-order valence-electron chi connectivity index (χ3n) is 5.04. The highest BCUT2D eigenvalue weighted by Gasteiger charge is 2.35. The average molecular weight is 455 g/mol. The lowest BCUT2D eigenvalue weighted by Crippen LogP contribution is -2.45. The van der Waals surface area contributed by atoms with E-state index in [2.05, 4.69) is 10.6 Å². The Morgan fingerprint density at radius 2 is 1.91 bits per heavy atom. The summed E-state index contributed by atoms with van der Waals surface area (Å²) in [5.41, 5.74) is 1.31. The molecule has 174 valence electrons. The lowest BCUT2D eigenvalue weighted by molar-refractivity contribution is -0.386. The molecule has 0 fully saturated rings. The number of methoxy groups -OCH3 is 1. The summed E-state index contributed by atoms with van der Waals surface area (Å²) in [4.78, 5) is 36.3. The van der Waals surface area contributed by atoms with E-state index in [4.69, 9.17) is 14.2 Å². The van der Waals surface area contributed by atoms with Gasteiger partial charge >= 0.3 is 17.7 Å². The molecule has 1 atom stereocenters. The number of carbonyl (C=O) groups excluding carboxylic acids is 2. The highest BCUT2D eigenvalue weighted by atomic mass is 16.6. The summed E-state index contributed by atoms with van der Waals surface area (Å²) in [6, 6.07) is 10.5. The minimum atomic E-state index is -0.969. The van der Waals surface area contributed by atoms with E-state index in [0.29, 0.717) is 12.1 Å². The zero-order valence-corrected chi connectivity index (χ0v) is 18.5. The molecule has 2 amide bonds. The van der Waals surface area contributed by atoms with Gasteiger partial charge in [0, 0.05) is 11.8 Å². The van der Waals surface area contributed by atoms with E-state index in [9.17, 15) is 19.7 Å². The second-order valence-corrected chi connectivity index (χ2v) is 7.10. The Hall–Kier alpha value is -4.08. The zero-order chi connectivity index (χ0) is 24.0. The minimum absolute atomic E-state index is 0.0484. The average Bonchev–Trinajstić information content (AvgIpc) is 2.82. The fourth-order valence-corrected chi connectivity index (χ4v) is 3.53. The number of nitrogens with one attached hydrogen (secondary N) is 2. The van der Waals surface area contributed by atoms with Gasteiger partial charge in [-0.25, -0.2) is 9.59 Å². The topological polar surface area (TPSA) is 129 Å². The number of carbonyl (C=O) groups is 2. The number of rotatable bonds is 9. The first-order valence-electron chi connectivity index (χ1n) is 10.4. The number of hydrogen-bond acceptors (Lipinski definition) is 7. The second kappa shape index (κ2) is 10.5. The van der Waals surface area contributed by atoms with Gasteiger partial charge in [0.15, 0.2) is 5.75 Å². The van der Waals surface area contributed by atoms with E-state index in [-0.39, 0.29) is 41.5 Å². The highest BCUT2D eigenvalue weighted by molar-refractivity contribution is 5.95. The predicted octanol–water partition coefficient (Wildman–Crippen LogP) is 3.76. The van der Waals surface area contributed by atoms with Gasteiger partial charge < -0.3 is 24.8 Å². The summed E-state index contributed by atoms with van der Waals surface area (Å²) >= 11 is 0. The van der Waals surface area contributed by atoms with Crippen LogP contribution in [0.5, 0.6) is 11.5 Å². The van der Waals surface area contributed by atoms with Gasteiger partial charge in [0.25, 0.3) is 0 Å². The van der Waals surface area contributed by atoms with E-state index in [1.165, 1.54) is 19.2 Å². The molecule has 0 aliphatic carbocycles. The maximum Gasteiger partial charge on any atom is 0.338 e. The molecule has 10 heteroatoms. The van der Waals surface area contributed by atoms with Crippen LogP contribution in [0.25, 0.3) is 0 Å². The summed E-state index contributed by atoms with van der Waals surface area (Å²) in [6.07, 6.45) is 0.357. The number of hydrogen-bond donors (Lipinski definition) is 2. The van der Waals surface area contributed by atoms with Crippen LogP contribution < -0.4 is 20.1 Å². The van der Waals surface area contributed by atoms with Gasteiger partial charge in [-0.05, 0) is 30.5 Å². The van der Waals surface area contributed by atoms with Crippen molar-refractivity contribution in [3.05, 3.63) is 75.0 Å². The molecule has 2 N–H and O–H groups in total. The van der Waals surface area contributed by atoms with E-state index in [1.54, 1.807) is 13.8 Å². The fourth-order valence-electron chi connectivity index (χ4n) is 3.53. The van der Waals surface area contributed by atoms with Crippen molar-refractivity contribution in [3.63, 3.8) is 0 Å². The van der Waals surface area contributed by atoms with Crippen LogP contribution in [0.15, 0.2) is 53.7 Å². The van der Waals surface area contributed by atoms with Gasteiger partial charge in [0.2, 0.25) is 5.75 Å². The summed E-state index contributed by atoms with van der Waals surface area (Å²) in [5, 5.41) is 17.2. The first kappa shape index (κ1) is 23.6. The number of ether oxygens (including phenoxy) is 3. The van der Waals surface area contributed by atoms with E-state index < -0.39 is 23.0 Å². The lowest BCUT2D eigenvalue weighted by Gasteiger charge is -2.29. The molecule has 0 bridgehead atoms. The van der Waals surface area contributed by atoms with Crippen molar-refractivity contribution in [2.45, 2.75) is 32.9 Å². The summed E-state index contributed by atoms with van der Waals surface area (Å²) in [5.74, 6) is -0.574. The molecule has 2 aromatic rings. The third-order valence-corrected chi connectivity index (χ3v) is 5.04. The van der Waals surface area contributed by atoms with Crippen LogP contribution in [0.1, 0.15) is 37.4 Å². The number of esters is 1. The van der Waals surface area contributed by atoms with Crippen LogP contribution in [-0.2, 0) is 16.1 Å². The minimum Gasteiger partial charge on any atom is -0.493 e. The van der Waals surface area contributed by atoms with E-state index >= 15 is 0 Å². The van der Waals surface area contributed by atoms with Crippen molar-refractivity contribution >= 4 is 17.7 Å².